The van der Waals surface area contributed by atoms with Crippen LogP contribution in [-0.4, -0.2) is 55.4 Å². The zero-order valence-corrected chi connectivity index (χ0v) is 17.8. The first-order chi connectivity index (χ1) is 13.4. The number of benzene rings is 1. The Morgan fingerprint density at radius 3 is 2.14 bits per heavy atom. The molecule has 2 aliphatic heterocycles. The van der Waals surface area contributed by atoms with Crippen molar-refractivity contribution in [3.63, 3.8) is 0 Å². The Kier molecular flexibility index (Phi) is 5.53. The van der Waals surface area contributed by atoms with Gasteiger partial charge in [0.2, 0.25) is 5.91 Å². The molecule has 0 radical (unpaired) electrons. The molecule has 3 fully saturated rings. The monoisotopic (exact) mass is 404 g/mol. The van der Waals surface area contributed by atoms with Crippen LogP contribution >= 0.6 is 0 Å². The molecule has 2 atom stereocenters. The number of amides is 1. The van der Waals surface area contributed by atoms with Crippen LogP contribution in [0.2, 0.25) is 0 Å². The fourth-order valence-corrected chi connectivity index (χ4v) is 7.21. The molecule has 3 aliphatic rings. The highest BCUT2D eigenvalue weighted by molar-refractivity contribution is 7.91. The summed E-state index contributed by atoms with van der Waals surface area (Å²) >= 11 is 0. The largest absolute Gasteiger partial charge is 0.306 e. The summed E-state index contributed by atoms with van der Waals surface area (Å²) < 4.78 is 25.1. The van der Waals surface area contributed by atoms with Crippen LogP contribution in [0.5, 0.6) is 0 Å². The molecule has 2 unspecified atom stereocenters. The Morgan fingerprint density at radius 1 is 0.929 bits per heavy atom. The van der Waals surface area contributed by atoms with Gasteiger partial charge in [0.25, 0.3) is 0 Å². The SMILES string of the molecule is CC(C)c1ccc(N2C(=O)CN(C3CCCCCC3)C3CS(=O)(=O)CC32)cc1. The maximum atomic E-state index is 13.2. The van der Waals surface area contributed by atoms with E-state index in [1.54, 1.807) is 4.90 Å². The van der Waals surface area contributed by atoms with Crippen molar-refractivity contribution >= 4 is 21.4 Å². The highest BCUT2D eigenvalue weighted by Gasteiger charge is 2.51. The highest BCUT2D eigenvalue weighted by Crippen LogP contribution is 2.35. The minimum atomic E-state index is -3.13. The Morgan fingerprint density at radius 2 is 1.54 bits per heavy atom. The molecule has 0 bridgehead atoms. The van der Waals surface area contributed by atoms with Gasteiger partial charge in [0.15, 0.2) is 9.84 Å². The molecule has 1 aromatic rings. The molecule has 1 aromatic carbocycles. The van der Waals surface area contributed by atoms with Gasteiger partial charge in [0.05, 0.1) is 24.1 Å². The molecular weight excluding hydrogens is 372 g/mol. The van der Waals surface area contributed by atoms with Crippen molar-refractivity contribution in [1.82, 2.24) is 4.90 Å². The lowest BCUT2D eigenvalue weighted by molar-refractivity contribution is -0.124. The summed E-state index contributed by atoms with van der Waals surface area (Å²) in [5.74, 6) is 0.733. The number of carbonyl (C=O) groups is 1. The average Bonchev–Trinajstić information content (AvgIpc) is 2.83. The van der Waals surface area contributed by atoms with Crippen molar-refractivity contribution in [2.45, 2.75) is 76.4 Å². The van der Waals surface area contributed by atoms with Crippen LogP contribution in [0.25, 0.3) is 0 Å². The number of anilines is 1. The average molecular weight is 405 g/mol. The third-order valence-corrected chi connectivity index (χ3v) is 8.47. The molecule has 0 N–H and O–H groups in total. The summed E-state index contributed by atoms with van der Waals surface area (Å²) in [5.41, 5.74) is 2.06. The van der Waals surface area contributed by atoms with Crippen LogP contribution < -0.4 is 4.90 Å². The van der Waals surface area contributed by atoms with Gasteiger partial charge in [0, 0.05) is 17.8 Å². The van der Waals surface area contributed by atoms with E-state index >= 15 is 0 Å². The van der Waals surface area contributed by atoms with Crippen molar-refractivity contribution in [2.24, 2.45) is 0 Å². The quantitative estimate of drug-likeness (QED) is 0.725. The van der Waals surface area contributed by atoms with Gasteiger partial charge in [-0.2, -0.15) is 0 Å². The van der Waals surface area contributed by atoms with Crippen LogP contribution in [-0.2, 0) is 14.6 Å². The summed E-state index contributed by atoms with van der Waals surface area (Å²) in [6, 6.07) is 8.09. The lowest BCUT2D eigenvalue weighted by Gasteiger charge is -2.46. The fourth-order valence-electron chi connectivity index (χ4n) is 5.25. The molecular formula is C22H32N2O3S. The maximum Gasteiger partial charge on any atom is 0.241 e. The minimum absolute atomic E-state index is 0.0416. The van der Waals surface area contributed by atoms with E-state index in [9.17, 15) is 13.2 Å². The second-order valence-corrected chi connectivity index (χ2v) is 11.2. The van der Waals surface area contributed by atoms with Crippen molar-refractivity contribution in [2.75, 3.05) is 23.0 Å². The van der Waals surface area contributed by atoms with E-state index in [-0.39, 0.29) is 29.5 Å². The van der Waals surface area contributed by atoms with Crippen molar-refractivity contribution in [3.05, 3.63) is 29.8 Å². The standard InChI is InChI=1S/C22H32N2O3S/c1-16(2)17-9-11-19(12-10-17)24-21-15-28(26,27)14-20(21)23(13-22(24)25)18-7-5-3-4-6-8-18/h9-12,16,18,20-21H,3-8,13-15H2,1-2H3. The van der Waals surface area contributed by atoms with Gasteiger partial charge in [-0.1, -0.05) is 51.7 Å². The first-order valence-corrected chi connectivity index (χ1v) is 12.6. The summed E-state index contributed by atoms with van der Waals surface area (Å²) in [5, 5.41) is 0. The molecule has 5 nitrogen and oxygen atoms in total. The maximum absolute atomic E-state index is 13.2. The number of hydrogen-bond donors (Lipinski definition) is 0. The highest BCUT2D eigenvalue weighted by atomic mass is 32.2. The predicted molar refractivity (Wildman–Crippen MR) is 112 cm³/mol. The van der Waals surface area contributed by atoms with Gasteiger partial charge in [-0.05, 0) is 36.5 Å². The van der Waals surface area contributed by atoms with E-state index in [1.165, 1.54) is 31.2 Å². The van der Waals surface area contributed by atoms with E-state index in [4.69, 9.17) is 0 Å². The Bertz CT molecular complexity index is 811. The molecule has 1 aliphatic carbocycles. The number of piperazine rings is 1. The van der Waals surface area contributed by atoms with Gasteiger partial charge < -0.3 is 4.90 Å². The van der Waals surface area contributed by atoms with E-state index < -0.39 is 9.84 Å². The van der Waals surface area contributed by atoms with Crippen molar-refractivity contribution < 1.29 is 13.2 Å². The minimum Gasteiger partial charge on any atom is -0.306 e. The second kappa shape index (κ2) is 7.79. The van der Waals surface area contributed by atoms with Gasteiger partial charge >= 0.3 is 0 Å². The van der Waals surface area contributed by atoms with Crippen LogP contribution in [0.1, 0.15) is 63.9 Å². The molecule has 1 amide bonds. The van der Waals surface area contributed by atoms with E-state index in [2.05, 4.69) is 30.9 Å². The molecule has 28 heavy (non-hydrogen) atoms. The molecule has 0 spiro atoms. The predicted octanol–water partition coefficient (Wildman–Crippen LogP) is 3.35. The Labute approximate surface area is 169 Å². The summed E-state index contributed by atoms with van der Waals surface area (Å²) in [4.78, 5) is 17.2. The first-order valence-electron chi connectivity index (χ1n) is 10.7. The molecule has 4 rings (SSSR count). The number of rotatable bonds is 3. The first kappa shape index (κ1) is 19.9. The molecule has 2 heterocycles. The third-order valence-electron chi connectivity index (χ3n) is 6.77. The smallest absolute Gasteiger partial charge is 0.241 e. The molecule has 0 aromatic heterocycles. The zero-order chi connectivity index (χ0) is 19.9. The van der Waals surface area contributed by atoms with Gasteiger partial charge in [-0.3, -0.25) is 9.69 Å². The molecule has 154 valence electrons. The summed E-state index contributed by atoms with van der Waals surface area (Å²) in [6.45, 7) is 4.63. The van der Waals surface area contributed by atoms with Crippen molar-refractivity contribution in [3.8, 4) is 0 Å². The summed E-state index contributed by atoms with van der Waals surface area (Å²) in [6.07, 6.45) is 7.02. The second-order valence-electron chi connectivity index (χ2n) is 9.04. The number of hydrogen-bond acceptors (Lipinski definition) is 4. The lowest BCUT2D eigenvalue weighted by atomic mass is 9.97. The van der Waals surface area contributed by atoms with Gasteiger partial charge in [-0.25, -0.2) is 8.42 Å². The van der Waals surface area contributed by atoms with Crippen LogP contribution in [0.15, 0.2) is 24.3 Å². The lowest BCUT2D eigenvalue weighted by Crippen LogP contribution is -2.64. The van der Waals surface area contributed by atoms with E-state index in [0.29, 0.717) is 18.5 Å². The van der Waals surface area contributed by atoms with Crippen molar-refractivity contribution in [1.29, 1.82) is 0 Å². The van der Waals surface area contributed by atoms with E-state index in [0.717, 1.165) is 18.5 Å². The normalized spacial score (nSPS) is 29.1. The fraction of sp³-hybridized carbons (Fsp3) is 0.682. The van der Waals surface area contributed by atoms with Crippen LogP contribution in [0, 0.1) is 0 Å². The number of nitrogens with zero attached hydrogens (tertiary/aromatic N) is 2. The van der Waals surface area contributed by atoms with E-state index in [1.807, 2.05) is 12.1 Å². The third kappa shape index (κ3) is 3.86. The summed E-state index contributed by atoms with van der Waals surface area (Å²) in [7, 11) is -3.13. The Balaban J connectivity index is 1.64. The number of fused-ring (bicyclic) bond motifs is 1. The molecule has 2 saturated heterocycles. The Hall–Kier alpha value is -1.40. The van der Waals surface area contributed by atoms with Gasteiger partial charge in [-0.15, -0.1) is 0 Å². The topological polar surface area (TPSA) is 57.7 Å². The van der Waals surface area contributed by atoms with Crippen LogP contribution in [0.3, 0.4) is 0 Å². The zero-order valence-electron chi connectivity index (χ0n) is 17.0. The molecule has 6 heteroatoms. The molecule has 1 saturated carbocycles. The number of carbonyl (C=O) groups excluding carboxylic acids is 1. The van der Waals surface area contributed by atoms with Gasteiger partial charge in [0.1, 0.15) is 0 Å². The van der Waals surface area contributed by atoms with Crippen LogP contribution in [0.4, 0.5) is 5.69 Å². The number of sulfone groups is 1.